The van der Waals surface area contributed by atoms with Crippen molar-refractivity contribution < 1.29 is 18.8 Å². The zero-order valence-corrected chi connectivity index (χ0v) is 12.5. The lowest BCUT2D eigenvalue weighted by Gasteiger charge is -2.28. The molecule has 1 atom stereocenters. The number of rotatable bonds is 4. The number of hydrogen-bond donors (Lipinski definition) is 0. The number of hydrogen-bond acceptors (Lipinski definition) is 6. The molecule has 0 bridgehead atoms. The first kappa shape index (κ1) is 14.4. The first-order valence-corrected chi connectivity index (χ1v) is 7.06. The van der Waals surface area contributed by atoms with E-state index in [-0.39, 0.29) is 12.5 Å². The fourth-order valence-corrected chi connectivity index (χ4v) is 2.21. The molecule has 22 heavy (non-hydrogen) atoms. The maximum absolute atomic E-state index is 12.4. The van der Waals surface area contributed by atoms with Gasteiger partial charge in [-0.25, -0.2) is 0 Å². The van der Waals surface area contributed by atoms with E-state index in [1.54, 1.807) is 24.9 Å². The number of fused-ring (bicyclic) bond motifs is 1. The summed E-state index contributed by atoms with van der Waals surface area (Å²) < 4.78 is 16.2. The van der Waals surface area contributed by atoms with Crippen molar-refractivity contribution in [3.8, 4) is 11.5 Å². The highest BCUT2D eigenvalue weighted by molar-refractivity contribution is 5.81. The van der Waals surface area contributed by atoms with E-state index in [2.05, 4.69) is 10.1 Å². The summed E-state index contributed by atoms with van der Waals surface area (Å²) in [4.78, 5) is 18.1. The summed E-state index contributed by atoms with van der Waals surface area (Å²) in [5.74, 6) is 2.23. The number of benzene rings is 1. The zero-order chi connectivity index (χ0) is 15.5. The van der Waals surface area contributed by atoms with Crippen LogP contribution in [0.5, 0.6) is 11.5 Å². The number of ether oxygens (including phenoxy) is 2. The van der Waals surface area contributed by atoms with Crippen LogP contribution in [0.2, 0.25) is 0 Å². The van der Waals surface area contributed by atoms with E-state index in [1.807, 2.05) is 18.2 Å². The minimum atomic E-state index is -0.632. The summed E-state index contributed by atoms with van der Waals surface area (Å²) in [6.07, 6.45) is -0.101. The lowest BCUT2D eigenvalue weighted by atomic mass is 10.2. The van der Waals surface area contributed by atoms with E-state index >= 15 is 0 Å². The molecule has 1 aromatic carbocycles. The second kappa shape index (κ2) is 6.05. The molecule has 7 nitrogen and oxygen atoms in total. The molecule has 0 saturated carbocycles. The van der Waals surface area contributed by atoms with Crippen LogP contribution in [0, 0.1) is 6.92 Å². The quantitative estimate of drug-likeness (QED) is 0.845. The van der Waals surface area contributed by atoms with Gasteiger partial charge in [-0.3, -0.25) is 4.79 Å². The van der Waals surface area contributed by atoms with Crippen molar-refractivity contribution in [1.29, 1.82) is 0 Å². The molecule has 0 aliphatic carbocycles. The lowest BCUT2D eigenvalue weighted by molar-refractivity contribution is -0.139. The monoisotopic (exact) mass is 303 g/mol. The number of likely N-dealkylation sites (N-methyl/N-ethyl adjacent to an activating group) is 1. The molecule has 2 heterocycles. The van der Waals surface area contributed by atoms with E-state index < -0.39 is 6.10 Å². The predicted octanol–water partition coefficient (Wildman–Crippen LogP) is 1.22. The molecule has 0 spiro atoms. The minimum Gasteiger partial charge on any atom is -0.485 e. The van der Waals surface area contributed by atoms with Crippen LogP contribution in [0.4, 0.5) is 0 Å². The maximum Gasteiger partial charge on any atom is 0.267 e. The molecule has 0 saturated heterocycles. The fourth-order valence-electron chi connectivity index (χ4n) is 2.21. The lowest BCUT2D eigenvalue weighted by Crippen LogP contribution is -2.45. The topological polar surface area (TPSA) is 77.7 Å². The first-order valence-electron chi connectivity index (χ1n) is 7.06. The molecular weight excluding hydrogens is 286 g/mol. The standard InChI is InChI=1S/C15H17N3O4/c1-10-16-14(17-22-10)7-8-18(2)15(19)13-9-20-11-5-3-4-6-12(11)21-13/h3-6,13H,7-9H2,1-2H3/t13-/m0/s1. The van der Waals surface area contributed by atoms with Crippen molar-refractivity contribution in [2.75, 3.05) is 20.2 Å². The number of carbonyl (C=O) groups is 1. The SMILES string of the molecule is Cc1nc(CCN(C)C(=O)[C@@H]2COc3ccccc3O2)no1. The maximum atomic E-state index is 12.4. The Morgan fingerprint density at radius 2 is 2.14 bits per heavy atom. The molecule has 0 radical (unpaired) electrons. The third-order valence-electron chi connectivity index (χ3n) is 3.40. The number of aryl methyl sites for hydroxylation is 1. The van der Waals surface area contributed by atoms with Gasteiger partial charge < -0.3 is 18.9 Å². The second-order valence-electron chi connectivity index (χ2n) is 5.10. The van der Waals surface area contributed by atoms with Gasteiger partial charge in [0, 0.05) is 26.9 Å². The molecule has 1 aromatic heterocycles. The van der Waals surface area contributed by atoms with Gasteiger partial charge >= 0.3 is 0 Å². The van der Waals surface area contributed by atoms with Crippen molar-refractivity contribution in [1.82, 2.24) is 15.0 Å². The highest BCUT2D eigenvalue weighted by Gasteiger charge is 2.29. The Labute approximate surface area is 127 Å². The predicted molar refractivity (Wildman–Crippen MR) is 76.7 cm³/mol. The first-order chi connectivity index (χ1) is 10.6. The van der Waals surface area contributed by atoms with Crippen molar-refractivity contribution in [3.05, 3.63) is 36.0 Å². The van der Waals surface area contributed by atoms with Crippen molar-refractivity contribution in [2.24, 2.45) is 0 Å². The summed E-state index contributed by atoms with van der Waals surface area (Å²) in [7, 11) is 1.72. The van der Waals surface area contributed by atoms with Gasteiger partial charge in [0.1, 0.15) is 6.61 Å². The molecule has 0 N–H and O–H groups in total. The summed E-state index contributed by atoms with van der Waals surface area (Å²) in [5, 5.41) is 3.81. The Morgan fingerprint density at radius 3 is 2.86 bits per heavy atom. The molecule has 1 aliphatic rings. The van der Waals surface area contributed by atoms with Crippen LogP contribution in [-0.4, -0.2) is 47.3 Å². The highest BCUT2D eigenvalue weighted by atomic mass is 16.6. The van der Waals surface area contributed by atoms with E-state index in [9.17, 15) is 4.79 Å². The molecule has 0 fully saturated rings. The van der Waals surface area contributed by atoms with Crippen LogP contribution in [-0.2, 0) is 11.2 Å². The number of amides is 1. The van der Waals surface area contributed by atoms with Crippen LogP contribution in [0.3, 0.4) is 0 Å². The van der Waals surface area contributed by atoms with Gasteiger partial charge in [-0.05, 0) is 12.1 Å². The normalized spacial score (nSPS) is 16.4. The average Bonchev–Trinajstić information content (AvgIpc) is 2.97. The van der Waals surface area contributed by atoms with Gasteiger partial charge in [0.05, 0.1) is 0 Å². The van der Waals surface area contributed by atoms with Crippen LogP contribution in [0.1, 0.15) is 11.7 Å². The third kappa shape index (κ3) is 3.03. The van der Waals surface area contributed by atoms with Gasteiger partial charge in [0.2, 0.25) is 12.0 Å². The van der Waals surface area contributed by atoms with Gasteiger partial charge in [0.15, 0.2) is 17.3 Å². The number of para-hydroxylation sites is 2. The van der Waals surface area contributed by atoms with E-state index in [1.165, 1.54) is 0 Å². The summed E-state index contributed by atoms with van der Waals surface area (Å²) in [5.41, 5.74) is 0. The number of aromatic nitrogens is 2. The summed E-state index contributed by atoms with van der Waals surface area (Å²) in [6.45, 7) is 2.43. The molecule has 0 unspecified atom stereocenters. The third-order valence-corrected chi connectivity index (χ3v) is 3.40. The van der Waals surface area contributed by atoms with Gasteiger partial charge in [-0.1, -0.05) is 17.3 Å². The minimum absolute atomic E-state index is 0.130. The van der Waals surface area contributed by atoms with E-state index in [0.29, 0.717) is 36.2 Å². The van der Waals surface area contributed by atoms with Gasteiger partial charge in [0.25, 0.3) is 5.91 Å². The van der Waals surface area contributed by atoms with Crippen LogP contribution >= 0.6 is 0 Å². The van der Waals surface area contributed by atoms with Crippen molar-refractivity contribution in [3.63, 3.8) is 0 Å². The molecule has 2 aromatic rings. The average molecular weight is 303 g/mol. The Morgan fingerprint density at radius 1 is 1.36 bits per heavy atom. The Hall–Kier alpha value is -2.57. The number of nitrogens with zero attached hydrogens (tertiary/aromatic N) is 3. The number of carbonyl (C=O) groups excluding carboxylic acids is 1. The van der Waals surface area contributed by atoms with Crippen molar-refractivity contribution >= 4 is 5.91 Å². The molecule has 1 amide bonds. The van der Waals surface area contributed by atoms with Gasteiger partial charge in [-0.2, -0.15) is 4.98 Å². The van der Waals surface area contributed by atoms with Gasteiger partial charge in [-0.15, -0.1) is 0 Å². The highest BCUT2D eigenvalue weighted by Crippen LogP contribution is 2.31. The van der Waals surface area contributed by atoms with Crippen molar-refractivity contribution in [2.45, 2.75) is 19.4 Å². The fraction of sp³-hybridized carbons (Fsp3) is 0.400. The van der Waals surface area contributed by atoms with Crippen LogP contribution in [0.15, 0.2) is 28.8 Å². The zero-order valence-electron chi connectivity index (χ0n) is 12.5. The van der Waals surface area contributed by atoms with E-state index in [0.717, 1.165) is 0 Å². The second-order valence-corrected chi connectivity index (χ2v) is 5.10. The summed E-state index contributed by atoms with van der Waals surface area (Å²) in [6, 6.07) is 7.32. The Bertz CT molecular complexity index is 670. The summed E-state index contributed by atoms with van der Waals surface area (Å²) >= 11 is 0. The Kier molecular flexibility index (Phi) is 3.95. The van der Waals surface area contributed by atoms with Crippen LogP contribution < -0.4 is 9.47 Å². The molecule has 7 heteroatoms. The largest absolute Gasteiger partial charge is 0.485 e. The van der Waals surface area contributed by atoms with E-state index in [4.69, 9.17) is 14.0 Å². The smallest absolute Gasteiger partial charge is 0.267 e. The molecular formula is C15H17N3O4. The molecule has 116 valence electrons. The molecule has 3 rings (SSSR count). The Balaban J connectivity index is 1.57. The van der Waals surface area contributed by atoms with Crippen LogP contribution in [0.25, 0.3) is 0 Å². The molecule has 1 aliphatic heterocycles.